The van der Waals surface area contributed by atoms with Crippen molar-refractivity contribution >= 4 is 11.8 Å². The van der Waals surface area contributed by atoms with E-state index in [1.165, 1.54) is 50.4 Å². The van der Waals surface area contributed by atoms with Crippen LogP contribution in [0.4, 0.5) is 0 Å². The van der Waals surface area contributed by atoms with Crippen molar-refractivity contribution in [3.8, 4) is 0 Å². The second-order valence-corrected chi connectivity index (χ2v) is 5.73. The molecule has 3 heteroatoms. The van der Waals surface area contributed by atoms with Gasteiger partial charge in [-0.1, -0.05) is 0 Å². The van der Waals surface area contributed by atoms with Crippen LogP contribution in [0.2, 0.25) is 0 Å². The van der Waals surface area contributed by atoms with Crippen LogP contribution in [0.25, 0.3) is 0 Å². The van der Waals surface area contributed by atoms with E-state index < -0.39 is 0 Å². The van der Waals surface area contributed by atoms with Crippen LogP contribution in [0.5, 0.6) is 0 Å². The van der Waals surface area contributed by atoms with E-state index in [-0.39, 0.29) is 0 Å². The molecule has 2 aliphatic rings. The summed E-state index contributed by atoms with van der Waals surface area (Å²) in [6.07, 6.45) is 4.26. The van der Waals surface area contributed by atoms with Crippen molar-refractivity contribution in [1.29, 1.82) is 0 Å². The molecule has 0 radical (unpaired) electrons. The summed E-state index contributed by atoms with van der Waals surface area (Å²) in [6.45, 7) is 3.88. The Morgan fingerprint density at radius 1 is 1.43 bits per heavy atom. The monoisotopic (exact) mass is 214 g/mol. The molecule has 82 valence electrons. The summed E-state index contributed by atoms with van der Waals surface area (Å²) in [5.74, 6) is 3.79. The molecule has 14 heavy (non-hydrogen) atoms. The molecule has 0 aliphatic carbocycles. The normalized spacial score (nSPS) is 34.1. The molecule has 0 aromatic rings. The lowest BCUT2D eigenvalue weighted by molar-refractivity contribution is 0.220. The van der Waals surface area contributed by atoms with Gasteiger partial charge in [-0.25, -0.2) is 0 Å². The zero-order valence-corrected chi connectivity index (χ0v) is 9.98. The molecule has 2 nitrogen and oxygen atoms in total. The highest BCUT2D eigenvalue weighted by Crippen LogP contribution is 2.27. The molecule has 2 saturated heterocycles. The molecular weight excluding hydrogens is 192 g/mol. The maximum absolute atomic E-state index is 3.32. The molecule has 0 amide bonds. The zero-order chi connectivity index (χ0) is 9.80. The van der Waals surface area contributed by atoms with Crippen molar-refractivity contribution in [1.82, 2.24) is 10.2 Å². The summed E-state index contributed by atoms with van der Waals surface area (Å²) in [7, 11) is 2.07. The van der Waals surface area contributed by atoms with Crippen LogP contribution in [-0.4, -0.2) is 49.1 Å². The second kappa shape index (κ2) is 5.38. The third kappa shape index (κ3) is 2.65. The smallest absolute Gasteiger partial charge is 0.0221 e. The van der Waals surface area contributed by atoms with E-state index in [2.05, 4.69) is 29.0 Å². The minimum absolute atomic E-state index is 0.825. The molecule has 2 aliphatic heterocycles. The van der Waals surface area contributed by atoms with Gasteiger partial charge in [-0.3, -0.25) is 4.90 Å². The molecule has 2 fully saturated rings. The van der Waals surface area contributed by atoms with Crippen molar-refractivity contribution < 1.29 is 0 Å². The first-order valence-electron chi connectivity index (χ1n) is 5.86. The van der Waals surface area contributed by atoms with Crippen LogP contribution >= 0.6 is 11.8 Å². The van der Waals surface area contributed by atoms with Crippen molar-refractivity contribution in [2.45, 2.75) is 25.3 Å². The average Bonchev–Trinajstić information content (AvgIpc) is 2.80. The van der Waals surface area contributed by atoms with E-state index in [9.17, 15) is 0 Å². The third-order valence-electron chi connectivity index (χ3n) is 3.46. The van der Waals surface area contributed by atoms with Crippen molar-refractivity contribution in [3.63, 3.8) is 0 Å². The Balaban J connectivity index is 1.77. The summed E-state index contributed by atoms with van der Waals surface area (Å²) < 4.78 is 0. The Morgan fingerprint density at radius 3 is 3.07 bits per heavy atom. The minimum Gasteiger partial charge on any atom is -0.318 e. The first kappa shape index (κ1) is 10.8. The molecule has 0 bridgehead atoms. The van der Waals surface area contributed by atoms with Gasteiger partial charge in [0.25, 0.3) is 0 Å². The zero-order valence-electron chi connectivity index (χ0n) is 9.17. The largest absolute Gasteiger partial charge is 0.318 e. The van der Waals surface area contributed by atoms with E-state index in [1.54, 1.807) is 0 Å². The van der Waals surface area contributed by atoms with Crippen molar-refractivity contribution in [3.05, 3.63) is 0 Å². The van der Waals surface area contributed by atoms with Gasteiger partial charge in [0.15, 0.2) is 0 Å². The number of rotatable bonds is 4. The lowest BCUT2D eigenvalue weighted by Crippen LogP contribution is -2.39. The molecule has 1 N–H and O–H groups in total. The van der Waals surface area contributed by atoms with Gasteiger partial charge in [0, 0.05) is 19.1 Å². The van der Waals surface area contributed by atoms with Crippen LogP contribution in [0, 0.1) is 5.92 Å². The highest BCUT2D eigenvalue weighted by molar-refractivity contribution is 7.99. The quantitative estimate of drug-likeness (QED) is 0.762. The van der Waals surface area contributed by atoms with Gasteiger partial charge in [0.2, 0.25) is 0 Å². The Labute approximate surface area is 91.8 Å². The Kier molecular flexibility index (Phi) is 4.14. The number of likely N-dealkylation sites (tertiary alicyclic amines) is 1. The number of thioether (sulfide) groups is 1. The van der Waals surface area contributed by atoms with Gasteiger partial charge in [-0.2, -0.15) is 11.8 Å². The molecule has 2 atom stereocenters. The fourth-order valence-electron chi connectivity index (χ4n) is 2.66. The first-order valence-corrected chi connectivity index (χ1v) is 7.02. The van der Waals surface area contributed by atoms with Crippen molar-refractivity contribution in [2.24, 2.45) is 5.92 Å². The first-order chi connectivity index (χ1) is 6.90. The predicted octanol–water partition coefficient (Wildman–Crippen LogP) is 1.42. The lowest BCUT2D eigenvalue weighted by Gasteiger charge is -2.26. The summed E-state index contributed by atoms with van der Waals surface area (Å²) in [4.78, 5) is 2.72. The van der Waals surface area contributed by atoms with E-state index in [1.807, 2.05) is 0 Å². The maximum atomic E-state index is 3.32. The number of nitrogens with zero attached hydrogens (tertiary/aromatic N) is 1. The fraction of sp³-hybridized carbons (Fsp3) is 1.00. The molecule has 0 saturated carbocycles. The molecule has 0 spiro atoms. The van der Waals surface area contributed by atoms with E-state index in [0.717, 1.165) is 12.0 Å². The Morgan fingerprint density at radius 2 is 2.36 bits per heavy atom. The third-order valence-corrected chi connectivity index (χ3v) is 4.69. The molecule has 0 aromatic heterocycles. The number of nitrogens with one attached hydrogen (secondary N) is 1. The highest BCUT2D eigenvalue weighted by Gasteiger charge is 2.27. The number of hydrogen-bond acceptors (Lipinski definition) is 3. The van der Waals surface area contributed by atoms with Crippen LogP contribution in [0.3, 0.4) is 0 Å². The fourth-order valence-corrected chi connectivity index (χ4v) is 3.93. The Bertz CT molecular complexity index is 169. The van der Waals surface area contributed by atoms with E-state index in [4.69, 9.17) is 0 Å². The SMILES string of the molecule is CNCC1CCCN1CC1CCSC1. The van der Waals surface area contributed by atoms with Crippen LogP contribution < -0.4 is 5.32 Å². The predicted molar refractivity (Wildman–Crippen MR) is 64.0 cm³/mol. The topological polar surface area (TPSA) is 15.3 Å². The second-order valence-electron chi connectivity index (χ2n) is 4.58. The number of hydrogen-bond donors (Lipinski definition) is 1. The van der Waals surface area contributed by atoms with Gasteiger partial charge in [-0.05, 0) is 50.3 Å². The summed E-state index contributed by atoms with van der Waals surface area (Å²) in [5, 5.41) is 3.32. The van der Waals surface area contributed by atoms with Gasteiger partial charge < -0.3 is 5.32 Å². The maximum Gasteiger partial charge on any atom is 0.0221 e. The molecule has 2 rings (SSSR count). The van der Waals surface area contributed by atoms with Crippen LogP contribution in [0.15, 0.2) is 0 Å². The van der Waals surface area contributed by atoms with Crippen LogP contribution in [0.1, 0.15) is 19.3 Å². The average molecular weight is 214 g/mol. The van der Waals surface area contributed by atoms with Crippen molar-refractivity contribution in [2.75, 3.05) is 38.2 Å². The van der Waals surface area contributed by atoms with Crippen LogP contribution in [-0.2, 0) is 0 Å². The van der Waals surface area contributed by atoms with Gasteiger partial charge in [-0.15, -0.1) is 0 Å². The minimum atomic E-state index is 0.825. The molecular formula is C11H22N2S. The number of likely N-dealkylation sites (N-methyl/N-ethyl adjacent to an activating group) is 1. The molecule has 0 aromatic carbocycles. The Hall–Kier alpha value is 0.270. The van der Waals surface area contributed by atoms with Gasteiger partial charge >= 0.3 is 0 Å². The van der Waals surface area contributed by atoms with Gasteiger partial charge in [0.05, 0.1) is 0 Å². The standard InChI is InChI=1S/C11H22N2S/c1-12-7-11-3-2-5-13(11)8-10-4-6-14-9-10/h10-12H,2-9H2,1H3. The lowest BCUT2D eigenvalue weighted by atomic mass is 10.1. The van der Waals surface area contributed by atoms with Gasteiger partial charge in [0.1, 0.15) is 0 Å². The molecule has 2 unspecified atom stereocenters. The van der Waals surface area contributed by atoms with E-state index in [0.29, 0.717) is 0 Å². The summed E-state index contributed by atoms with van der Waals surface area (Å²) in [5.41, 5.74) is 0. The van der Waals surface area contributed by atoms with E-state index >= 15 is 0 Å². The summed E-state index contributed by atoms with van der Waals surface area (Å²) >= 11 is 2.14. The summed E-state index contributed by atoms with van der Waals surface area (Å²) in [6, 6.07) is 0.825. The molecule has 2 heterocycles. The highest BCUT2D eigenvalue weighted by atomic mass is 32.2.